The van der Waals surface area contributed by atoms with E-state index in [1.165, 1.54) is 6.07 Å². The Morgan fingerprint density at radius 3 is 2.55 bits per heavy atom. The summed E-state index contributed by atoms with van der Waals surface area (Å²) in [4.78, 5) is 11.1. The summed E-state index contributed by atoms with van der Waals surface area (Å²) in [5.41, 5.74) is 5.29. The lowest BCUT2D eigenvalue weighted by Crippen LogP contribution is -2.05. The zero-order valence-electron chi connectivity index (χ0n) is 11.4. The number of rotatable bonds is 2. The Morgan fingerprint density at radius 1 is 1.15 bits per heavy atom. The lowest BCUT2D eigenvalue weighted by molar-refractivity contribution is -0.137. The van der Waals surface area contributed by atoms with Crippen LogP contribution in [0, 0.1) is 19.7 Å². The molecule has 1 atom stereocenters. The largest absolute Gasteiger partial charge is 0.481 e. The molecule has 2 aromatic carbocycles. The van der Waals surface area contributed by atoms with Crippen molar-refractivity contribution in [1.29, 1.82) is 0 Å². The van der Waals surface area contributed by atoms with E-state index < -0.39 is 5.97 Å². The summed E-state index contributed by atoms with van der Waals surface area (Å²) in [6, 6.07) is 8.84. The number of aryl methyl sites for hydroxylation is 1. The van der Waals surface area contributed by atoms with E-state index in [0.29, 0.717) is 5.56 Å². The minimum absolute atomic E-state index is 0.00798. The highest BCUT2D eigenvalue weighted by Gasteiger charge is 2.33. The van der Waals surface area contributed by atoms with Gasteiger partial charge >= 0.3 is 5.97 Å². The van der Waals surface area contributed by atoms with E-state index in [0.717, 1.165) is 27.8 Å². The summed E-state index contributed by atoms with van der Waals surface area (Å²) in [6.07, 6.45) is -0.00798. The zero-order chi connectivity index (χ0) is 14.4. The SMILES string of the molecule is Cc1ccc2c(c1C)-c1c(F)cccc1C2CC(=O)O. The van der Waals surface area contributed by atoms with Crippen LogP contribution in [0.5, 0.6) is 0 Å². The molecule has 0 aliphatic heterocycles. The smallest absolute Gasteiger partial charge is 0.304 e. The number of hydrogen-bond donors (Lipinski definition) is 1. The van der Waals surface area contributed by atoms with Crippen molar-refractivity contribution in [1.82, 2.24) is 0 Å². The molecule has 2 nitrogen and oxygen atoms in total. The second-order valence-corrected chi connectivity index (χ2v) is 5.33. The van der Waals surface area contributed by atoms with Crippen molar-refractivity contribution < 1.29 is 14.3 Å². The highest BCUT2D eigenvalue weighted by atomic mass is 19.1. The molecule has 1 N–H and O–H groups in total. The van der Waals surface area contributed by atoms with Gasteiger partial charge < -0.3 is 5.11 Å². The Labute approximate surface area is 116 Å². The molecule has 0 bridgehead atoms. The van der Waals surface area contributed by atoms with E-state index in [2.05, 4.69) is 0 Å². The van der Waals surface area contributed by atoms with Crippen molar-refractivity contribution in [3.63, 3.8) is 0 Å². The van der Waals surface area contributed by atoms with E-state index >= 15 is 0 Å². The molecule has 3 heteroatoms. The second kappa shape index (κ2) is 4.44. The number of carboxylic acids is 1. The van der Waals surface area contributed by atoms with Gasteiger partial charge in [-0.15, -0.1) is 0 Å². The van der Waals surface area contributed by atoms with Crippen LogP contribution in [0.4, 0.5) is 4.39 Å². The summed E-state index contributed by atoms with van der Waals surface area (Å²) in [6.45, 7) is 3.95. The van der Waals surface area contributed by atoms with Gasteiger partial charge in [-0.3, -0.25) is 4.79 Å². The molecule has 0 saturated carbocycles. The minimum atomic E-state index is -0.865. The molecule has 3 rings (SSSR count). The summed E-state index contributed by atoms with van der Waals surface area (Å²) < 4.78 is 14.2. The molecule has 0 heterocycles. The van der Waals surface area contributed by atoms with Gasteiger partial charge in [-0.05, 0) is 47.7 Å². The van der Waals surface area contributed by atoms with Crippen molar-refractivity contribution in [2.24, 2.45) is 0 Å². The van der Waals surface area contributed by atoms with Crippen LogP contribution in [0.15, 0.2) is 30.3 Å². The first-order valence-corrected chi connectivity index (χ1v) is 6.61. The number of aliphatic carboxylic acids is 1. The van der Waals surface area contributed by atoms with Crippen molar-refractivity contribution >= 4 is 5.97 Å². The van der Waals surface area contributed by atoms with Crippen molar-refractivity contribution in [3.8, 4) is 11.1 Å². The van der Waals surface area contributed by atoms with Crippen LogP contribution in [0.2, 0.25) is 0 Å². The molecule has 0 saturated heterocycles. The average Bonchev–Trinajstić information content (AvgIpc) is 2.70. The maximum atomic E-state index is 14.2. The molecule has 1 aliphatic carbocycles. The summed E-state index contributed by atoms with van der Waals surface area (Å²) in [5, 5.41) is 9.12. The Hall–Kier alpha value is -2.16. The molecule has 0 radical (unpaired) electrons. The number of hydrogen-bond acceptors (Lipinski definition) is 1. The Kier molecular flexibility index (Phi) is 2.85. The molecule has 1 aliphatic rings. The fourth-order valence-electron chi connectivity index (χ4n) is 3.12. The third-order valence-corrected chi connectivity index (χ3v) is 4.19. The predicted molar refractivity (Wildman–Crippen MR) is 75.4 cm³/mol. The van der Waals surface area contributed by atoms with Crippen LogP contribution >= 0.6 is 0 Å². The summed E-state index contributed by atoms with van der Waals surface area (Å²) in [7, 11) is 0. The van der Waals surface area contributed by atoms with E-state index in [1.807, 2.05) is 32.0 Å². The van der Waals surface area contributed by atoms with Gasteiger partial charge in [-0.2, -0.15) is 0 Å². The van der Waals surface area contributed by atoms with Crippen molar-refractivity contribution in [2.45, 2.75) is 26.2 Å². The van der Waals surface area contributed by atoms with E-state index in [4.69, 9.17) is 5.11 Å². The highest BCUT2D eigenvalue weighted by Crippen LogP contribution is 2.49. The number of benzene rings is 2. The monoisotopic (exact) mass is 270 g/mol. The minimum Gasteiger partial charge on any atom is -0.481 e. The van der Waals surface area contributed by atoms with Crippen LogP contribution in [0.1, 0.15) is 34.6 Å². The number of fused-ring (bicyclic) bond motifs is 3. The van der Waals surface area contributed by atoms with Crippen molar-refractivity contribution in [2.75, 3.05) is 0 Å². The van der Waals surface area contributed by atoms with Gasteiger partial charge in [0.05, 0.1) is 6.42 Å². The maximum absolute atomic E-state index is 14.2. The van der Waals surface area contributed by atoms with Gasteiger partial charge in [0.25, 0.3) is 0 Å². The lowest BCUT2D eigenvalue weighted by Gasteiger charge is -2.12. The zero-order valence-corrected chi connectivity index (χ0v) is 11.4. The van der Waals surface area contributed by atoms with Crippen molar-refractivity contribution in [3.05, 3.63) is 58.4 Å². The fourth-order valence-corrected chi connectivity index (χ4v) is 3.12. The van der Waals surface area contributed by atoms with E-state index in [-0.39, 0.29) is 18.2 Å². The molecule has 102 valence electrons. The van der Waals surface area contributed by atoms with Gasteiger partial charge in [-0.1, -0.05) is 24.3 Å². The predicted octanol–water partition coefficient (Wildman–Crippen LogP) is 4.03. The second-order valence-electron chi connectivity index (χ2n) is 5.33. The summed E-state index contributed by atoms with van der Waals surface area (Å²) >= 11 is 0. The first-order chi connectivity index (χ1) is 9.50. The molecular formula is C17H15FO2. The highest BCUT2D eigenvalue weighted by molar-refractivity contribution is 5.84. The third-order valence-electron chi connectivity index (χ3n) is 4.19. The van der Waals surface area contributed by atoms with Crippen LogP contribution < -0.4 is 0 Å². The molecular weight excluding hydrogens is 255 g/mol. The molecule has 1 unspecified atom stereocenters. The standard InChI is InChI=1S/C17H15FO2/c1-9-6-7-12-13(8-15(19)20)11-4-3-5-14(18)17(11)16(12)10(9)2/h3-7,13H,8H2,1-2H3,(H,19,20). The number of carboxylic acid groups (broad SMARTS) is 1. The van der Waals surface area contributed by atoms with E-state index in [9.17, 15) is 9.18 Å². The Balaban J connectivity index is 2.33. The van der Waals surface area contributed by atoms with Gasteiger partial charge in [0, 0.05) is 11.5 Å². The molecule has 2 aromatic rings. The Morgan fingerprint density at radius 2 is 1.85 bits per heavy atom. The fraction of sp³-hybridized carbons (Fsp3) is 0.235. The number of halogens is 1. The first kappa shape index (κ1) is 12.9. The van der Waals surface area contributed by atoms with Gasteiger partial charge in [-0.25, -0.2) is 4.39 Å². The van der Waals surface area contributed by atoms with Crippen LogP contribution in [0.25, 0.3) is 11.1 Å². The molecule has 0 amide bonds. The Bertz CT molecular complexity index is 719. The molecule has 20 heavy (non-hydrogen) atoms. The van der Waals surface area contributed by atoms with Crippen LogP contribution in [-0.2, 0) is 4.79 Å². The topological polar surface area (TPSA) is 37.3 Å². The number of carbonyl (C=O) groups is 1. The molecule has 0 aromatic heterocycles. The quantitative estimate of drug-likeness (QED) is 0.894. The molecule has 0 fully saturated rings. The van der Waals surface area contributed by atoms with Gasteiger partial charge in [0.2, 0.25) is 0 Å². The summed E-state index contributed by atoms with van der Waals surface area (Å²) in [5.74, 6) is -1.39. The third kappa shape index (κ3) is 1.73. The molecule has 0 spiro atoms. The average molecular weight is 270 g/mol. The normalized spacial score (nSPS) is 15.8. The van der Waals surface area contributed by atoms with E-state index in [1.54, 1.807) is 6.07 Å². The van der Waals surface area contributed by atoms with Crippen LogP contribution in [0.3, 0.4) is 0 Å². The first-order valence-electron chi connectivity index (χ1n) is 6.61. The van der Waals surface area contributed by atoms with Gasteiger partial charge in [0.15, 0.2) is 0 Å². The lowest BCUT2D eigenvalue weighted by atomic mass is 9.92. The maximum Gasteiger partial charge on any atom is 0.304 e. The van der Waals surface area contributed by atoms with Gasteiger partial charge in [0.1, 0.15) is 5.82 Å². The van der Waals surface area contributed by atoms with Crippen LogP contribution in [-0.4, -0.2) is 11.1 Å².